The van der Waals surface area contributed by atoms with E-state index in [2.05, 4.69) is 20.3 Å². The first-order valence-electron chi connectivity index (χ1n) is 9.18. The normalized spacial score (nSPS) is 16.7. The van der Waals surface area contributed by atoms with E-state index in [1.165, 1.54) is 29.2 Å². The summed E-state index contributed by atoms with van der Waals surface area (Å²) in [6, 6.07) is 4.09. The maximum Gasteiger partial charge on any atom is 0.573 e. The number of aliphatic imine (C=N–C) groups is 1. The number of halogens is 3. The summed E-state index contributed by atoms with van der Waals surface area (Å²) in [5.41, 5.74) is 2.78. The fourth-order valence-corrected chi connectivity index (χ4v) is 4.36. The van der Waals surface area contributed by atoms with Gasteiger partial charge in [0.15, 0.2) is 0 Å². The number of thioether (sulfide) groups is 1. The number of allylic oxidation sites excluding steroid dienone is 1. The number of rotatable bonds is 8. The van der Waals surface area contributed by atoms with Gasteiger partial charge < -0.3 is 9.64 Å². The Morgan fingerprint density at radius 1 is 1.19 bits per heavy atom. The number of nitrogens with zero attached hydrogens (tertiary/aromatic N) is 4. The van der Waals surface area contributed by atoms with E-state index in [4.69, 9.17) is 0 Å². The Balaban J connectivity index is 1.97. The summed E-state index contributed by atoms with van der Waals surface area (Å²) < 4.78 is 67.3. The van der Waals surface area contributed by atoms with Gasteiger partial charge in [-0.15, -0.1) is 24.9 Å². The molecule has 0 atom stereocenters. The van der Waals surface area contributed by atoms with E-state index >= 15 is 0 Å². The zero-order chi connectivity index (χ0) is 23.8. The minimum absolute atomic E-state index is 0.117. The van der Waals surface area contributed by atoms with Gasteiger partial charge in [-0.3, -0.25) is 4.79 Å². The van der Waals surface area contributed by atoms with Crippen LogP contribution in [0.5, 0.6) is 5.75 Å². The highest BCUT2D eigenvalue weighted by molar-refractivity contribution is 8.01. The highest BCUT2D eigenvalue weighted by Crippen LogP contribution is 2.25. The Hall–Kier alpha value is -2.58. The second-order valence-corrected chi connectivity index (χ2v) is 9.05. The zero-order valence-electron chi connectivity index (χ0n) is 17.2. The largest absolute Gasteiger partial charge is 0.573 e. The maximum atomic E-state index is 12.8. The molecule has 0 spiro atoms. The van der Waals surface area contributed by atoms with Crippen LogP contribution in [0.4, 0.5) is 13.2 Å². The topological polar surface area (TPSA) is 104 Å². The van der Waals surface area contributed by atoms with Crippen LogP contribution in [0, 0.1) is 0 Å². The molecule has 0 unspecified atom stereocenters. The lowest BCUT2D eigenvalue weighted by Crippen LogP contribution is -2.48. The molecule has 1 N–H and O–H groups in total. The lowest BCUT2D eigenvalue weighted by atomic mass is 10.3. The van der Waals surface area contributed by atoms with Crippen molar-refractivity contribution in [3.63, 3.8) is 0 Å². The molecule has 2 rings (SSSR count). The molecule has 1 aliphatic rings. The number of alkyl halides is 3. The molecule has 32 heavy (non-hydrogen) atoms. The Bertz CT molecular complexity index is 971. The highest BCUT2D eigenvalue weighted by atomic mass is 32.2. The number of benzene rings is 1. The molecule has 1 aromatic carbocycles. The molecule has 1 saturated heterocycles. The molecule has 1 fully saturated rings. The predicted molar refractivity (Wildman–Crippen MR) is 116 cm³/mol. The van der Waals surface area contributed by atoms with Crippen molar-refractivity contribution >= 4 is 40.2 Å². The van der Waals surface area contributed by atoms with Crippen LogP contribution >= 0.6 is 11.8 Å². The van der Waals surface area contributed by atoms with Crippen LogP contribution in [0.15, 0.2) is 50.4 Å². The molecule has 9 nitrogen and oxygen atoms in total. The summed E-state index contributed by atoms with van der Waals surface area (Å²) in [4.78, 5) is 16.9. The SMILES string of the molecule is CS/C=C(/C=N\NC(C)=O)N=CN1CCN(S(=O)(=O)c2ccc(OC(F)(F)F)cc2)CC1. The van der Waals surface area contributed by atoms with Crippen molar-refractivity contribution in [2.45, 2.75) is 18.2 Å². The van der Waals surface area contributed by atoms with E-state index in [-0.39, 0.29) is 23.9 Å². The fraction of sp³-hybridized carbons (Fsp3) is 0.389. The number of hydrazone groups is 1. The summed E-state index contributed by atoms with van der Waals surface area (Å²) in [7, 11) is -3.86. The number of carbonyl (C=O) groups excluding carboxylic acids is 1. The summed E-state index contributed by atoms with van der Waals surface area (Å²) in [6.45, 7) is 2.42. The Morgan fingerprint density at radius 3 is 2.34 bits per heavy atom. The van der Waals surface area contributed by atoms with Gasteiger partial charge in [0.2, 0.25) is 15.9 Å². The average Bonchev–Trinajstić information content (AvgIpc) is 2.71. The lowest BCUT2D eigenvalue weighted by molar-refractivity contribution is -0.274. The predicted octanol–water partition coefficient (Wildman–Crippen LogP) is 2.25. The second-order valence-electron chi connectivity index (χ2n) is 6.41. The molecule has 14 heteroatoms. The number of amides is 1. The minimum Gasteiger partial charge on any atom is -0.406 e. The Labute approximate surface area is 188 Å². The van der Waals surface area contributed by atoms with Gasteiger partial charge in [-0.05, 0) is 35.9 Å². The number of carbonyl (C=O) groups is 1. The van der Waals surface area contributed by atoms with Crippen LogP contribution in [0.3, 0.4) is 0 Å². The number of sulfonamides is 1. The minimum atomic E-state index is -4.85. The monoisotopic (exact) mass is 493 g/mol. The van der Waals surface area contributed by atoms with Crippen LogP contribution in [-0.2, 0) is 14.8 Å². The first-order valence-corrected chi connectivity index (χ1v) is 11.9. The highest BCUT2D eigenvalue weighted by Gasteiger charge is 2.32. The molecule has 0 aromatic heterocycles. The standard InChI is InChI=1S/C18H22F3N5O4S2/c1-14(27)24-23-11-15(12-31-2)22-13-25-7-9-26(10-8-25)32(28,29)17-5-3-16(4-6-17)30-18(19,20)21/h3-6,11-13H,7-10H2,1-2H3,(H,24,27)/b15-12-,22-13?,23-11-. The van der Waals surface area contributed by atoms with Crippen molar-refractivity contribution in [1.82, 2.24) is 14.6 Å². The molecule has 0 bridgehead atoms. The number of hydrogen-bond donors (Lipinski definition) is 1. The van der Waals surface area contributed by atoms with Gasteiger partial charge in [-0.2, -0.15) is 9.41 Å². The number of piperazine rings is 1. The van der Waals surface area contributed by atoms with Crippen LogP contribution in [0.25, 0.3) is 0 Å². The maximum absolute atomic E-state index is 12.8. The van der Waals surface area contributed by atoms with Gasteiger partial charge in [0, 0.05) is 33.1 Å². The average molecular weight is 494 g/mol. The fourth-order valence-electron chi connectivity index (χ4n) is 2.57. The molecule has 0 aliphatic carbocycles. The van der Waals surface area contributed by atoms with Crippen LogP contribution in [0.1, 0.15) is 6.92 Å². The summed E-state index contributed by atoms with van der Waals surface area (Å²) in [5.74, 6) is -0.804. The molecule has 0 radical (unpaired) electrons. The quantitative estimate of drug-likeness (QED) is 0.339. The summed E-state index contributed by atoms with van der Waals surface area (Å²) in [5, 5.41) is 5.49. The number of ether oxygens (including phenoxy) is 1. The van der Waals surface area contributed by atoms with Gasteiger partial charge in [0.05, 0.1) is 23.1 Å². The van der Waals surface area contributed by atoms with E-state index in [0.717, 1.165) is 24.3 Å². The molecule has 176 valence electrons. The molecule has 0 saturated carbocycles. The Morgan fingerprint density at radius 2 is 1.81 bits per heavy atom. The second kappa shape index (κ2) is 11.3. The van der Waals surface area contributed by atoms with Gasteiger partial charge in [-0.1, -0.05) is 0 Å². The van der Waals surface area contributed by atoms with Crippen molar-refractivity contribution in [1.29, 1.82) is 0 Å². The van der Waals surface area contributed by atoms with Crippen molar-refractivity contribution in [2.75, 3.05) is 32.4 Å². The molecule has 1 aliphatic heterocycles. The molecule has 1 aromatic rings. The van der Waals surface area contributed by atoms with E-state index in [1.807, 2.05) is 11.2 Å². The summed E-state index contributed by atoms with van der Waals surface area (Å²) >= 11 is 1.40. The van der Waals surface area contributed by atoms with E-state index in [9.17, 15) is 26.4 Å². The molecule has 1 heterocycles. The van der Waals surface area contributed by atoms with Crippen LogP contribution in [0.2, 0.25) is 0 Å². The first-order chi connectivity index (χ1) is 15.0. The van der Waals surface area contributed by atoms with Gasteiger partial charge in [-0.25, -0.2) is 18.8 Å². The van der Waals surface area contributed by atoms with Gasteiger partial charge in [0.25, 0.3) is 0 Å². The third kappa shape index (κ3) is 8.16. The van der Waals surface area contributed by atoms with Crippen molar-refractivity contribution in [3.05, 3.63) is 35.4 Å². The third-order valence-electron chi connectivity index (χ3n) is 4.00. The van der Waals surface area contributed by atoms with Crippen LogP contribution < -0.4 is 10.2 Å². The van der Waals surface area contributed by atoms with E-state index in [1.54, 1.807) is 11.7 Å². The van der Waals surface area contributed by atoms with Crippen molar-refractivity contribution in [3.8, 4) is 5.75 Å². The van der Waals surface area contributed by atoms with Gasteiger partial charge >= 0.3 is 6.36 Å². The number of nitrogens with one attached hydrogen (secondary N) is 1. The number of hydrogen-bond acceptors (Lipinski definition) is 7. The third-order valence-corrected chi connectivity index (χ3v) is 6.39. The lowest BCUT2D eigenvalue weighted by Gasteiger charge is -2.32. The smallest absolute Gasteiger partial charge is 0.406 e. The summed E-state index contributed by atoms with van der Waals surface area (Å²) in [6.07, 6.45) is -0.0531. The molecular formula is C18H22F3N5O4S2. The first kappa shape index (κ1) is 25.7. The zero-order valence-corrected chi connectivity index (χ0v) is 18.9. The van der Waals surface area contributed by atoms with Crippen molar-refractivity contribution < 1.29 is 31.1 Å². The molecule has 1 amide bonds. The molecular weight excluding hydrogens is 471 g/mol. The van der Waals surface area contributed by atoms with E-state index in [0.29, 0.717) is 18.8 Å². The van der Waals surface area contributed by atoms with Gasteiger partial charge in [0.1, 0.15) is 5.75 Å². The Kier molecular flexibility index (Phi) is 9.09. The van der Waals surface area contributed by atoms with Crippen molar-refractivity contribution in [2.24, 2.45) is 10.1 Å². The van der Waals surface area contributed by atoms with E-state index < -0.39 is 22.1 Å². The van der Waals surface area contributed by atoms with Crippen LogP contribution in [-0.4, -0.2) is 74.9 Å².